The zero-order chi connectivity index (χ0) is 23.9. The van der Waals surface area contributed by atoms with Crippen molar-refractivity contribution in [2.45, 2.75) is 32.1 Å². The summed E-state index contributed by atoms with van der Waals surface area (Å²) >= 11 is 0. The molecule has 1 saturated carbocycles. The summed E-state index contributed by atoms with van der Waals surface area (Å²) in [7, 11) is 0. The number of rotatable bonds is 8. The Morgan fingerprint density at radius 1 is 1.12 bits per heavy atom. The Labute approximate surface area is 199 Å². The molecule has 2 aromatic rings. The van der Waals surface area contributed by atoms with Crippen LogP contribution >= 0.6 is 0 Å². The van der Waals surface area contributed by atoms with Gasteiger partial charge in [-0.3, -0.25) is 9.59 Å². The number of carboxylic acids is 1. The monoisotopic (exact) mass is 462 g/mol. The Kier molecular flexibility index (Phi) is 5.80. The first-order chi connectivity index (χ1) is 16.4. The number of hydrogen-bond acceptors (Lipinski definition) is 4. The Hall–Kier alpha value is -3.35. The van der Waals surface area contributed by atoms with Gasteiger partial charge in [0.2, 0.25) is 5.91 Å². The number of aliphatic carboxylic acids is 1. The molecule has 178 valence electrons. The van der Waals surface area contributed by atoms with Crippen LogP contribution in [0, 0.1) is 17.3 Å². The van der Waals surface area contributed by atoms with Crippen molar-refractivity contribution in [1.29, 1.82) is 0 Å². The number of carboxylic acid groups (broad SMARTS) is 1. The van der Waals surface area contributed by atoms with Gasteiger partial charge in [-0.2, -0.15) is 0 Å². The molecule has 7 heteroatoms. The highest BCUT2D eigenvalue weighted by Crippen LogP contribution is 2.58. The summed E-state index contributed by atoms with van der Waals surface area (Å²) in [5.74, 6) is -0.542. The lowest BCUT2D eigenvalue weighted by Crippen LogP contribution is -2.34. The molecule has 34 heavy (non-hydrogen) atoms. The second kappa shape index (κ2) is 8.78. The van der Waals surface area contributed by atoms with Gasteiger partial charge in [0.25, 0.3) is 0 Å². The summed E-state index contributed by atoms with van der Waals surface area (Å²) in [5.41, 5.74) is 4.04. The molecule has 0 spiro atoms. The average molecular weight is 463 g/mol. The third kappa shape index (κ3) is 4.04. The van der Waals surface area contributed by atoms with E-state index >= 15 is 0 Å². The van der Waals surface area contributed by atoms with Crippen LogP contribution in [0.3, 0.4) is 0 Å². The number of carbonyl (C=O) groups excluding carboxylic acids is 2. The Bertz CT molecular complexity index is 1090. The molecular weight excluding hydrogens is 432 g/mol. The highest BCUT2D eigenvalue weighted by Gasteiger charge is 2.66. The predicted molar refractivity (Wildman–Crippen MR) is 126 cm³/mol. The van der Waals surface area contributed by atoms with E-state index in [1.807, 2.05) is 31.2 Å². The van der Waals surface area contributed by atoms with Gasteiger partial charge in [0, 0.05) is 32.0 Å². The van der Waals surface area contributed by atoms with Gasteiger partial charge in [0.15, 0.2) is 0 Å². The summed E-state index contributed by atoms with van der Waals surface area (Å²) < 4.78 is 5.57. The minimum atomic E-state index is -0.784. The molecule has 2 aliphatic carbocycles. The number of amides is 2. The maximum Gasteiger partial charge on any atom is 0.407 e. The van der Waals surface area contributed by atoms with Crippen LogP contribution in [-0.2, 0) is 14.3 Å². The van der Waals surface area contributed by atoms with E-state index in [0.717, 1.165) is 0 Å². The molecule has 2 N–H and O–H groups in total. The maximum absolute atomic E-state index is 12.5. The largest absolute Gasteiger partial charge is 0.481 e. The summed E-state index contributed by atoms with van der Waals surface area (Å²) in [6, 6.07) is 16.4. The first kappa shape index (κ1) is 22.4. The minimum Gasteiger partial charge on any atom is -0.481 e. The Balaban J connectivity index is 1.05. The average Bonchev–Trinajstić information content (AvgIpc) is 3.27. The molecule has 3 unspecified atom stereocenters. The third-order valence-electron chi connectivity index (χ3n) is 7.71. The number of ether oxygens (including phenoxy) is 1. The normalized spacial score (nSPS) is 23.0. The SMILES string of the molecule is CC(CCC(=O)N1CC2CC2(C(=O)O)C1)CNC(=O)OCC1c2ccccc2-c2ccccc21. The van der Waals surface area contributed by atoms with E-state index in [1.54, 1.807) is 4.90 Å². The lowest BCUT2D eigenvalue weighted by molar-refractivity contribution is -0.144. The van der Waals surface area contributed by atoms with Crippen molar-refractivity contribution in [3.8, 4) is 11.1 Å². The van der Waals surface area contributed by atoms with Gasteiger partial charge >= 0.3 is 12.1 Å². The third-order valence-corrected chi connectivity index (χ3v) is 7.71. The van der Waals surface area contributed by atoms with Crippen LogP contribution in [0.15, 0.2) is 48.5 Å². The molecule has 0 aromatic heterocycles. The topological polar surface area (TPSA) is 95.9 Å². The van der Waals surface area contributed by atoms with E-state index in [-0.39, 0.29) is 30.3 Å². The molecule has 3 aliphatic rings. The molecule has 7 nitrogen and oxygen atoms in total. The van der Waals surface area contributed by atoms with Crippen molar-refractivity contribution in [2.24, 2.45) is 17.3 Å². The summed E-state index contributed by atoms with van der Waals surface area (Å²) in [5, 5.41) is 12.2. The van der Waals surface area contributed by atoms with Crippen LogP contribution < -0.4 is 5.32 Å². The van der Waals surface area contributed by atoms with Gasteiger partial charge in [-0.25, -0.2) is 4.79 Å². The fourth-order valence-electron chi connectivity index (χ4n) is 5.54. The van der Waals surface area contributed by atoms with Gasteiger partial charge in [-0.05, 0) is 46.9 Å². The van der Waals surface area contributed by atoms with Crippen molar-refractivity contribution in [3.63, 3.8) is 0 Å². The zero-order valence-corrected chi connectivity index (χ0v) is 19.3. The van der Waals surface area contributed by atoms with Gasteiger partial charge in [-0.15, -0.1) is 0 Å². The molecule has 2 fully saturated rings. The molecule has 1 saturated heterocycles. The van der Waals surface area contributed by atoms with Crippen LogP contribution in [0.2, 0.25) is 0 Å². The maximum atomic E-state index is 12.5. The van der Waals surface area contributed by atoms with E-state index < -0.39 is 17.5 Å². The quantitative estimate of drug-likeness (QED) is 0.621. The molecule has 2 amide bonds. The summed E-state index contributed by atoms with van der Waals surface area (Å²) in [6.45, 7) is 3.56. The van der Waals surface area contributed by atoms with E-state index in [2.05, 4.69) is 29.6 Å². The number of likely N-dealkylation sites (tertiary alicyclic amines) is 1. The van der Waals surface area contributed by atoms with E-state index in [9.17, 15) is 19.5 Å². The number of fused-ring (bicyclic) bond motifs is 4. The molecule has 3 atom stereocenters. The van der Waals surface area contributed by atoms with Gasteiger partial charge in [-0.1, -0.05) is 55.5 Å². The number of carbonyl (C=O) groups is 3. The first-order valence-electron chi connectivity index (χ1n) is 12.0. The number of alkyl carbamates (subject to hydrolysis) is 1. The first-order valence-corrected chi connectivity index (χ1v) is 12.0. The molecule has 1 heterocycles. The standard InChI is InChI=1S/C27H30N2O5/c1-17(10-11-24(30)29-14-18-12-27(18,16-29)25(31)32)13-28-26(33)34-15-23-21-8-4-2-6-19(21)20-7-3-5-9-22(20)23/h2-9,17-18,23H,10-16H2,1H3,(H,28,33)(H,31,32). The van der Waals surface area contributed by atoms with Crippen LogP contribution in [0.4, 0.5) is 4.79 Å². The molecule has 0 bridgehead atoms. The Morgan fingerprint density at radius 2 is 1.76 bits per heavy atom. The lowest BCUT2D eigenvalue weighted by Gasteiger charge is -2.21. The number of hydrogen-bond donors (Lipinski definition) is 2. The number of benzene rings is 2. The molecule has 5 rings (SSSR count). The minimum absolute atomic E-state index is 0.000755. The summed E-state index contributed by atoms with van der Waals surface area (Å²) in [4.78, 5) is 37.9. The van der Waals surface area contributed by atoms with Crippen LogP contribution in [0.1, 0.15) is 43.2 Å². The van der Waals surface area contributed by atoms with Crippen molar-refractivity contribution < 1.29 is 24.2 Å². The highest BCUT2D eigenvalue weighted by atomic mass is 16.5. The zero-order valence-electron chi connectivity index (χ0n) is 19.3. The van der Waals surface area contributed by atoms with E-state index in [0.29, 0.717) is 38.9 Å². The molecular formula is C27H30N2O5. The fraction of sp³-hybridized carbons (Fsp3) is 0.444. The number of piperidine rings is 1. The van der Waals surface area contributed by atoms with E-state index in [1.165, 1.54) is 22.3 Å². The van der Waals surface area contributed by atoms with Crippen LogP contribution in [-0.4, -0.2) is 54.2 Å². The molecule has 2 aromatic carbocycles. The van der Waals surface area contributed by atoms with Gasteiger partial charge in [0.1, 0.15) is 6.61 Å². The smallest absolute Gasteiger partial charge is 0.407 e. The van der Waals surface area contributed by atoms with Gasteiger partial charge in [0.05, 0.1) is 5.41 Å². The lowest BCUT2D eigenvalue weighted by atomic mass is 9.98. The molecule has 0 radical (unpaired) electrons. The van der Waals surface area contributed by atoms with Crippen molar-refractivity contribution in [3.05, 3.63) is 59.7 Å². The highest BCUT2D eigenvalue weighted by molar-refractivity contribution is 5.84. The second-order valence-electron chi connectivity index (χ2n) is 9.99. The summed E-state index contributed by atoms with van der Waals surface area (Å²) in [6.07, 6.45) is 1.22. The number of nitrogens with one attached hydrogen (secondary N) is 1. The van der Waals surface area contributed by atoms with Crippen molar-refractivity contribution in [2.75, 3.05) is 26.2 Å². The fourth-order valence-corrected chi connectivity index (χ4v) is 5.54. The van der Waals surface area contributed by atoms with E-state index in [4.69, 9.17) is 4.74 Å². The van der Waals surface area contributed by atoms with Crippen LogP contribution in [0.5, 0.6) is 0 Å². The van der Waals surface area contributed by atoms with Crippen LogP contribution in [0.25, 0.3) is 11.1 Å². The molecule has 1 aliphatic heterocycles. The van der Waals surface area contributed by atoms with Crippen molar-refractivity contribution >= 4 is 18.0 Å². The van der Waals surface area contributed by atoms with Gasteiger partial charge < -0.3 is 20.1 Å². The predicted octanol–water partition coefficient (Wildman–Crippen LogP) is 3.87. The Morgan fingerprint density at radius 3 is 2.38 bits per heavy atom. The second-order valence-corrected chi connectivity index (χ2v) is 9.99. The van der Waals surface area contributed by atoms with Crippen molar-refractivity contribution in [1.82, 2.24) is 10.2 Å². The number of nitrogens with zero attached hydrogens (tertiary/aromatic N) is 1.